The number of hydrogen-bond donors (Lipinski definition) is 1. The summed E-state index contributed by atoms with van der Waals surface area (Å²) >= 11 is 5.84. The van der Waals surface area contributed by atoms with Crippen LogP contribution in [0.3, 0.4) is 0 Å². The first kappa shape index (κ1) is 20.3. The number of nitrogens with one attached hydrogen (secondary N) is 1. The lowest BCUT2D eigenvalue weighted by molar-refractivity contribution is -0.124. The van der Waals surface area contributed by atoms with Gasteiger partial charge in [0.05, 0.1) is 6.20 Å². The van der Waals surface area contributed by atoms with Crippen molar-refractivity contribution in [1.82, 2.24) is 15.3 Å². The number of aromatic nitrogens is 2. The number of benzene rings is 1. The Morgan fingerprint density at radius 3 is 2.59 bits per heavy atom. The van der Waals surface area contributed by atoms with E-state index in [4.69, 9.17) is 21.1 Å². The Kier molecular flexibility index (Phi) is 7.13. The van der Waals surface area contributed by atoms with Gasteiger partial charge in [0.25, 0.3) is 5.91 Å². The third-order valence-corrected chi connectivity index (χ3v) is 4.08. The lowest BCUT2D eigenvalue weighted by Crippen LogP contribution is -2.30. The zero-order valence-corrected chi connectivity index (χ0v) is 16.1. The molecule has 2 aromatic heterocycles. The number of halogens is 1. The van der Waals surface area contributed by atoms with Gasteiger partial charge in [-0.15, -0.1) is 0 Å². The zero-order chi connectivity index (χ0) is 20.5. The second-order valence-corrected chi connectivity index (χ2v) is 6.39. The van der Waals surface area contributed by atoms with E-state index in [9.17, 15) is 9.59 Å². The summed E-state index contributed by atoms with van der Waals surface area (Å²) < 4.78 is 10.7. The Balaban J connectivity index is 1.49. The van der Waals surface area contributed by atoms with Crippen molar-refractivity contribution in [3.05, 3.63) is 83.3 Å². The van der Waals surface area contributed by atoms with Crippen LogP contribution in [0.1, 0.15) is 15.9 Å². The normalized spacial score (nSPS) is 10.2. The van der Waals surface area contributed by atoms with E-state index < -0.39 is 18.5 Å². The molecule has 0 aliphatic rings. The summed E-state index contributed by atoms with van der Waals surface area (Å²) in [5, 5.41) is 3.36. The highest BCUT2D eigenvalue weighted by molar-refractivity contribution is 6.30. The van der Waals surface area contributed by atoms with E-state index in [0.717, 1.165) is 5.56 Å². The monoisotopic (exact) mass is 411 g/mol. The number of ether oxygens (including phenoxy) is 2. The minimum Gasteiger partial charge on any atom is -0.452 e. The third-order valence-electron chi connectivity index (χ3n) is 3.82. The van der Waals surface area contributed by atoms with E-state index in [1.807, 2.05) is 12.1 Å². The molecule has 1 N–H and O–H groups in total. The SMILES string of the molecule is O=C(COC(=O)c1cccnc1Oc1cccnc1)NCCc1ccc(Cl)cc1. The van der Waals surface area contributed by atoms with Gasteiger partial charge >= 0.3 is 5.97 Å². The van der Waals surface area contributed by atoms with E-state index >= 15 is 0 Å². The largest absolute Gasteiger partial charge is 0.452 e. The number of pyridine rings is 2. The molecule has 2 heterocycles. The van der Waals surface area contributed by atoms with Gasteiger partial charge in [-0.05, 0) is 48.4 Å². The van der Waals surface area contributed by atoms with Crippen LogP contribution in [-0.4, -0.2) is 35.0 Å². The molecule has 3 aromatic rings. The van der Waals surface area contributed by atoms with Crippen LogP contribution < -0.4 is 10.1 Å². The molecule has 0 atom stereocenters. The number of esters is 1. The van der Waals surface area contributed by atoms with E-state index in [1.165, 1.54) is 18.5 Å². The second kappa shape index (κ2) is 10.2. The standard InChI is InChI=1S/C21H18ClN3O4/c22-16-7-5-15(6-8-16)9-12-24-19(26)14-28-21(27)18-4-2-11-25-20(18)29-17-3-1-10-23-13-17/h1-8,10-11,13H,9,12,14H2,(H,24,26). The fourth-order valence-corrected chi connectivity index (χ4v) is 2.53. The van der Waals surface area contributed by atoms with E-state index in [2.05, 4.69) is 15.3 Å². The molecular formula is C21H18ClN3O4. The topological polar surface area (TPSA) is 90.4 Å². The number of carbonyl (C=O) groups is 2. The van der Waals surface area contributed by atoms with Gasteiger partial charge in [-0.25, -0.2) is 9.78 Å². The van der Waals surface area contributed by atoms with Gasteiger partial charge in [-0.3, -0.25) is 9.78 Å². The van der Waals surface area contributed by atoms with Crippen molar-refractivity contribution < 1.29 is 19.1 Å². The third kappa shape index (κ3) is 6.29. The summed E-state index contributed by atoms with van der Waals surface area (Å²) in [6.07, 6.45) is 5.23. The molecule has 7 nitrogen and oxygen atoms in total. The number of amides is 1. The van der Waals surface area contributed by atoms with Crippen molar-refractivity contribution in [2.45, 2.75) is 6.42 Å². The Morgan fingerprint density at radius 1 is 1.03 bits per heavy atom. The van der Waals surface area contributed by atoms with Crippen LogP contribution in [0.4, 0.5) is 0 Å². The number of hydrogen-bond acceptors (Lipinski definition) is 6. The minimum atomic E-state index is -0.704. The summed E-state index contributed by atoms with van der Waals surface area (Å²) in [4.78, 5) is 32.3. The average Bonchev–Trinajstić information content (AvgIpc) is 2.74. The van der Waals surface area contributed by atoms with E-state index in [0.29, 0.717) is 23.7 Å². The Bertz CT molecular complexity index is 965. The lowest BCUT2D eigenvalue weighted by Gasteiger charge is -2.10. The number of carbonyl (C=O) groups excluding carboxylic acids is 2. The molecule has 3 rings (SSSR count). The van der Waals surface area contributed by atoms with Crippen molar-refractivity contribution >= 4 is 23.5 Å². The van der Waals surface area contributed by atoms with Crippen molar-refractivity contribution in [1.29, 1.82) is 0 Å². The van der Waals surface area contributed by atoms with Crippen LogP contribution in [0, 0.1) is 0 Å². The van der Waals surface area contributed by atoms with Gasteiger partial charge in [-0.2, -0.15) is 0 Å². The summed E-state index contributed by atoms with van der Waals surface area (Å²) in [5.74, 6) is -0.593. The minimum absolute atomic E-state index is 0.0775. The molecule has 0 unspecified atom stereocenters. The summed E-state index contributed by atoms with van der Waals surface area (Å²) in [6, 6.07) is 13.8. The van der Waals surface area contributed by atoms with Crippen LogP contribution in [0.2, 0.25) is 5.02 Å². The van der Waals surface area contributed by atoms with E-state index in [-0.39, 0.29) is 11.4 Å². The van der Waals surface area contributed by atoms with Gasteiger partial charge in [0.1, 0.15) is 11.3 Å². The van der Waals surface area contributed by atoms with Crippen molar-refractivity contribution in [3.63, 3.8) is 0 Å². The molecule has 0 spiro atoms. The first-order valence-corrected chi connectivity index (χ1v) is 9.21. The van der Waals surface area contributed by atoms with Crippen molar-refractivity contribution in [2.24, 2.45) is 0 Å². The molecule has 0 bridgehead atoms. The van der Waals surface area contributed by atoms with Crippen LogP contribution in [-0.2, 0) is 16.0 Å². The second-order valence-electron chi connectivity index (χ2n) is 5.95. The van der Waals surface area contributed by atoms with Gasteiger partial charge in [0.15, 0.2) is 6.61 Å². The smallest absolute Gasteiger partial charge is 0.344 e. The maximum Gasteiger partial charge on any atom is 0.344 e. The highest BCUT2D eigenvalue weighted by Crippen LogP contribution is 2.22. The molecule has 0 fully saturated rings. The van der Waals surface area contributed by atoms with Crippen LogP contribution in [0.15, 0.2) is 67.1 Å². The molecule has 148 valence electrons. The first-order valence-electron chi connectivity index (χ1n) is 8.83. The molecule has 0 radical (unpaired) electrons. The first-order chi connectivity index (χ1) is 14.1. The predicted octanol–water partition coefficient (Wildman–Crippen LogP) is 3.44. The van der Waals surface area contributed by atoms with Crippen LogP contribution >= 0.6 is 11.6 Å². The fourth-order valence-electron chi connectivity index (χ4n) is 2.40. The van der Waals surface area contributed by atoms with E-state index in [1.54, 1.807) is 36.5 Å². The maximum atomic E-state index is 12.3. The summed E-state index contributed by atoms with van der Waals surface area (Å²) in [6.45, 7) is 0.0148. The summed E-state index contributed by atoms with van der Waals surface area (Å²) in [5.41, 5.74) is 1.16. The Labute approximate surface area is 172 Å². The molecule has 1 amide bonds. The Hall–Kier alpha value is -3.45. The van der Waals surface area contributed by atoms with Crippen molar-refractivity contribution in [3.8, 4) is 11.6 Å². The molecule has 0 saturated heterocycles. The van der Waals surface area contributed by atoms with Gasteiger partial charge in [0.2, 0.25) is 5.88 Å². The van der Waals surface area contributed by atoms with Crippen molar-refractivity contribution in [2.75, 3.05) is 13.2 Å². The predicted molar refractivity (Wildman–Crippen MR) is 107 cm³/mol. The quantitative estimate of drug-likeness (QED) is 0.571. The zero-order valence-electron chi connectivity index (χ0n) is 15.4. The molecule has 0 aliphatic heterocycles. The van der Waals surface area contributed by atoms with Crippen LogP contribution in [0.25, 0.3) is 0 Å². The number of rotatable bonds is 8. The molecule has 8 heteroatoms. The van der Waals surface area contributed by atoms with Crippen LogP contribution in [0.5, 0.6) is 11.6 Å². The Morgan fingerprint density at radius 2 is 1.83 bits per heavy atom. The molecule has 29 heavy (non-hydrogen) atoms. The maximum absolute atomic E-state index is 12.3. The molecule has 0 saturated carbocycles. The number of nitrogens with zero attached hydrogens (tertiary/aromatic N) is 2. The molecule has 1 aromatic carbocycles. The average molecular weight is 412 g/mol. The lowest BCUT2D eigenvalue weighted by atomic mass is 10.1. The highest BCUT2D eigenvalue weighted by Gasteiger charge is 2.17. The summed E-state index contributed by atoms with van der Waals surface area (Å²) in [7, 11) is 0. The highest BCUT2D eigenvalue weighted by atomic mass is 35.5. The fraction of sp³-hybridized carbons (Fsp3) is 0.143. The van der Waals surface area contributed by atoms with Gasteiger partial charge < -0.3 is 14.8 Å². The molecular weight excluding hydrogens is 394 g/mol. The van der Waals surface area contributed by atoms with Gasteiger partial charge in [-0.1, -0.05) is 23.7 Å². The van der Waals surface area contributed by atoms with Gasteiger partial charge in [0, 0.05) is 24.0 Å². The molecule has 0 aliphatic carbocycles.